The SMILES string of the molecule is CCNC(=NCC(C)C)NCCC(=O)N1CCc2sccc2C1.I. The van der Waals surface area contributed by atoms with Crippen LogP contribution in [0.1, 0.15) is 37.6 Å². The molecule has 0 unspecified atom stereocenters. The van der Waals surface area contributed by atoms with Crippen LogP contribution in [-0.2, 0) is 17.8 Å². The Morgan fingerprint density at radius 3 is 2.92 bits per heavy atom. The molecule has 2 rings (SSSR count). The molecule has 0 atom stereocenters. The first-order valence-corrected chi connectivity index (χ1v) is 9.33. The molecule has 136 valence electrons. The summed E-state index contributed by atoms with van der Waals surface area (Å²) in [4.78, 5) is 20.3. The minimum atomic E-state index is 0. The van der Waals surface area contributed by atoms with Crippen molar-refractivity contribution >= 4 is 47.2 Å². The van der Waals surface area contributed by atoms with Crippen molar-refractivity contribution in [3.63, 3.8) is 0 Å². The van der Waals surface area contributed by atoms with Crippen LogP contribution in [0.25, 0.3) is 0 Å². The summed E-state index contributed by atoms with van der Waals surface area (Å²) in [5, 5.41) is 8.59. The third-order valence-electron chi connectivity index (χ3n) is 3.75. The van der Waals surface area contributed by atoms with Gasteiger partial charge in [0, 0.05) is 44.0 Å². The number of amides is 1. The molecule has 1 aromatic rings. The van der Waals surface area contributed by atoms with E-state index >= 15 is 0 Å². The maximum atomic E-state index is 12.4. The average molecular weight is 464 g/mol. The van der Waals surface area contributed by atoms with Gasteiger partial charge in [-0.2, -0.15) is 0 Å². The Hall–Kier alpha value is -0.830. The van der Waals surface area contributed by atoms with Gasteiger partial charge in [-0.15, -0.1) is 35.3 Å². The van der Waals surface area contributed by atoms with Crippen molar-refractivity contribution < 1.29 is 4.79 Å². The van der Waals surface area contributed by atoms with Crippen molar-refractivity contribution in [2.45, 2.75) is 40.2 Å². The first kappa shape index (κ1) is 21.2. The molecule has 24 heavy (non-hydrogen) atoms. The molecule has 0 aromatic carbocycles. The van der Waals surface area contributed by atoms with Gasteiger partial charge in [-0.25, -0.2) is 0 Å². The average Bonchev–Trinajstić information content (AvgIpc) is 2.99. The number of nitrogens with one attached hydrogen (secondary N) is 2. The van der Waals surface area contributed by atoms with Gasteiger partial charge in [-0.05, 0) is 36.3 Å². The quantitative estimate of drug-likeness (QED) is 0.387. The maximum absolute atomic E-state index is 12.4. The first-order valence-electron chi connectivity index (χ1n) is 8.45. The fraction of sp³-hybridized carbons (Fsp3) is 0.647. The highest BCUT2D eigenvalue weighted by molar-refractivity contribution is 14.0. The predicted molar refractivity (Wildman–Crippen MR) is 112 cm³/mol. The minimum Gasteiger partial charge on any atom is -0.357 e. The molecule has 0 bridgehead atoms. The number of carbonyl (C=O) groups is 1. The number of rotatable bonds is 6. The zero-order chi connectivity index (χ0) is 16.7. The summed E-state index contributed by atoms with van der Waals surface area (Å²) in [5.41, 5.74) is 1.31. The molecule has 2 heterocycles. The van der Waals surface area contributed by atoms with E-state index in [0.717, 1.165) is 38.6 Å². The van der Waals surface area contributed by atoms with Crippen molar-refractivity contribution in [3.05, 3.63) is 21.9 Å². The van der Waals surface area contributed by atoms with Crippen molar-refractivity contribution in [2.75, 3.05) is 26.2 Å². The number of thiophene rings is 1. The molecule has 0 aliphatic carbocycles. The second-order valence-corrected chi connectivity index (χ2v) is 7.23. The fourth-order valence-corrected chi connectivity index (χ4v) is 3.41. The van der Waals surface area contributed by atoms with E-state index in [1.54, 1.807) is 11.3 Å². The van der Waals surface area contributed by atoms with E-state index in [9.17, 15) is 4.79 Å². The van der Waals surface area contributed by atoms with E-state index in [1.165, 1.54) is 10.4 Å². The van der Waals surface area contributed by atoms with Crippen LogP contribution in [0, 0.1) is 5.92 Å². The highest BCUT2D eigenvalue weighted by atomic mass is 127. The molecule has 0 fully saturated rings. The molecule has 0 radical (unpaired) electrons. The second kappa shape index (κ2) is 10.9. The smallest absolute Gasteiger partial charge is 0.224 e. The topological polar surface area (TPSA) is 56.7 Å². The highest BCUT2D eigenvalue weighted by Crippen LogP contribution is 2.24. The fourth-order valence-electron chi connectivity index (χ4n) is 2.52. The molecule has 5 nitrogen and oxygen atoms in total. The molecule has 1 aliphatic heterocycles. The van der Waals surface area contributed by atoms with Gasteiger partial charge in [0.25, 0.3) is 0 Å². The molecule has 1 aliphatic rings. The van der Waals surface area contributed by atoms with Crippen LogP contribution >= 0.6 is 35.3 Å². The van der Waals surface area contributed by atoms with Crippen molar-refractivity contribution in [3.8, 4) is 0 Å². The second-order valence-electron chi connectivity index (χ2n) is 6.22. The first-order chi connectivity index (χ1) is 11.1. The Balaban J connectivity index is 0.00000288. The van der Waals surface area contributed by atoms with Gasteiger partial charge in [0.2, 0.25) is 5.91 Å². The zero-order valence-corrected chi connectivity index (χ0v) is 17.9. The van der Waals surface area contributed by atoms with Crippen molar-refractivity contribution in [1.29, 1.82) is 0 Å². The Labute approximate surface area is 166 Å². The van der Waals surface area contributed by atoms with Crippen LogP contribution in [0.3, 0.4) is 0 Å². The monoisotopic (exact) mass is 464 g/mol. The molecule has 2 N–H and O–H groups in total. The highest BCUT2D eigenvalue weighted by Gasteiger charge is 2.20. The molecule has 0 saturated heterocycles. The summed E-state index contributed by atoms with van der Waals surface area (Å²) in [6.45, 7) is 10.2. The Kier molecular flexibility index (Phi) is 9.65. The van der Waals surface area contributed by atoms with E-state index in [4.69, 9.17) is 0 Å². The van der Waals surface area contributed by atoms with E-state index in [0.29, 0.717) is 18.9 Å². The van der Waals surface area contributed by atoms with Crippen molar-refractivity contribution in [1.82, 2.24) is 15.5 Å². The van der Waals surface area contributed by atoms with Gasteiger partial charge in [-0.3, -0.25) is 9.79 Å². The summed E-state index contributed by atoms with van der Waals surface area (Å²) in [5.74, 6) is 1.54. The lowest BCUT2D eigenvalue weighted by molar-refractivity contribution is -0.131. The van der Waals surface area contributed by atoms with Gasteiger partial charge >= 0.3 is 0 Å². The molecular weight excluding hydrogens is 435 g/mol. The molecule has 7 heteroatoms. The number of fused-ring (bicyclic) bond motifs is 1. The van der Waals surface area contributed by atoms with Crippen LogP contribution < -0.4 is 10.6 Å². The van der Waals surface area contributed by atoms with E-state index < -0.39 is 0 Å². The Morgan fingerprint density at radius 2 is 2.21 bits per heavy atom. The lowest BCUT2D eigenvalue weighted by Crippen LogP contribution is -2.41. The van der Waals surface area contributed by atoms with Gasteiger partial charge < -0.3 is 15.5 Å². The van der Waals surface area contributed by atoms with Crippen LogP contribution in [0.4, 0.5) is 0 Å². The number of guanidine groups is 1. The van der Waals surface area contributed by atoms with Gasteiger partial charge in [0.15, 0.2) is 5.96 Å². The van der Waals surface area contributed by atoms with Crippen molar-refractivity contribution in [2.24, 2.45) is 10.9 Å². The summed E-state index contributed by atoms with van der Waals surface area (Å²) < 4.78 is 0. The minimum absolute atomic E-state index is 0. The van der Waals surface area contributed by atoms with Gasteiger partial charge in [0.1, 0.15) is 0 Å². The van der Waals surface area contributed by atoms with Crippen LogP contribution in [0.5, 0.6) is 0 Å². The number of hydrogen-bond acceptors (Lipinski definition) is 3. The zero-order valence-electron chi connectivity index (χ0n) is 14.8. The third-order valence-corrected chi connectivity index (χ3v) is 4.77. The predicted octanol–water partition coefficient (Wildman–Crippen LogP) is 2.85. The molecule has 0 spiro atoms. The summed E-state index contributed by atoms with van der Waals surface area (Å²) in [6, 6.07) is 2.14. The maximum Gasteiger partial charge on any atom is 0.224 e. The Morgan fingerprint density at radius 1 is 1.42 bits per heavy atom. The molecule has 1 amide bonds. The number of carbonyl (C=O) groups excluding carboxylic acids is 1. The lowest BCUT2D eigenvalue weighted by Gasteiger charge is -2.27. The third kappa shape index (κ3) is 6.58. The Bertz CT molecular complexity index is 544. The van der Waals surface area contributed by atoms with Crippen LogP contribution in [0.15, 0.2) is 16.4 Å². The standard InChI is InChI=1S/C17H28N4OS.HI/c1-4-18-17(20-11-13(2)3)19-8-5-16(22)21-9-6-15-14(12-21)7-10-23-15;/h7,10,13H,4-6,8-9,11-12H2,1-3H3,(H2,18,19,20);1H. The number of hydrogen-bond donors (Lipinski definition) is 2. The number of nitrogens with zero attached hydrogens (tertiary/aromatic N) is 2. The van der Waals surface area contributed by atoms with Crippen LogP contribution in [-0.4, -0.2) is 42.9 Å². The molecular formula is C17H29IN4OS. The largest absolute Gasteiger partial charge is 0.357 e. The molecule has 1 aromatic heterocycles. The molecule has 0 saturated carbocycles. The van der Waals surface area contributed by atoms with Gasteiger partial charge in [-0.1, -0.05) is 13.8 Å². The van der Waals surface area contributed by atoms with E-state index in [2.05, 4.69) is 40.9 Å². The number of halogens is 1. The van der Waals surface area contributed by atoms with Crippen LogP contribution in [0.2, 0.25) is 0 Å². The summed E-state index contributed by atoms with van der Waals surface area (Å²) in [6.07, 6.45) is 1.50. The van der Waals surface area contributed by atoms with Gasteiger partial charge in [0.05, 0.1) is 0 Å². The van der Waals surface area contributed by atoms with E-state index in [-0.39, 0.29) is 29.9 Å². The summed E-state index contributed by atoms with van der Waals surface area (Å²) >= 11 is 1.80. The summed E-state index contributed by atoms with van der Waals surface area (Å²) in [7, 11) is 0. The number of aliphatic imine (C=N–C) groups is 1. The van der Waals surface area contributed by atoms with E-state index in [1.807, 2.05) is 11.8 Å². The normalized spacial score (nSPS) is 14.2. The lowest BCUT2D eigenvalue weighted by atomic mass is 10.1.